The first-order chi connectivity index (χ1) is 13.4. The summed E-state index contributed by atoms with van der Waals surface area (Å²) in [4.78, 5) is 24.9. The average molecular weight is 400 g/mol. The fourth-order valence-electron chi connectivity index (χ4n) is 3.15. The highest BCUT2D eigenvalue weighted by Gasteiger charge is 2.16. The normalized spacial score (nSPS) is 15.0. The number of carbonyl (C=O) groups excluding carboxylic acids is 1. The lowest BCUT2D eigenvalue weighted by molar-refractivity contribution is -0.384. The minimum absolute atomic E-state index is 0.0647. The summed E-state index contributed by atoms with van der Waals surface area (Å²) >= 11 is 5.79. The highest BCUT2D eigenvalue weighted by Crippen LogP contribution is 2.26. The topological polar surface area (TPSA) is 75.5 Å². The van der Waals surface area contributed by atoms with E-state index in [9.17, 15) is 14.9 Å². The molecule has 0 radical (unpaired) electrons. The Morgan fingerprint density at radius 2 is 1.89 bits per heavy atom. The number of rotatable bonds is 5. The standard InChI is InChI=1S/C21H22ClN3O3/c1-15-10-12-24(13-11-15)18-6-4-17(5-7-18)23-21(26)9-3-16-2-8-19(22)20(14-16)25(27)28/h2-9,14-15H,10-13H2,1H3,(H,23,26)/b9-3+. The molecule has 0 aromatic heterocycles. The number of anilines is 2. The van der Waals surface area contributed by atoms with E-state index in [0.717, 1.165) is 24.7 Å². The van der Waals surface area contributed by atoms with Crippen molar-refractivity contribution in [2.24, 2.45) is 5.92 Å². The summed E-state index contributed by atoms with van der Waals surface area (Å²) in [5, 5.41) is 13.8. The number of nitrogens with zero attached hydrogens (tertiary/aromatic N) is 2. The second kappa shape index (κ2) is 8.89. The van der Waals surface area contributed by atoms with E-state index < -0.39 is 4.92 Å². The Kier molecular flexibility index (Phi) is 6.31. The molecule has 1 saturated heterocycles. The van der Waals surface area contributed by atoms with E-state index in [4.69, 9.17) is 11.6 Å². The molecule has 0 saturated carbocycles. The maximum absolute atomic E-state index is 12.1. The number of nitro groups is 1. The Balaban J connectivity index is 1.59. The quantitative estimate of drug-likeness (QED) is 0.429. The fourth-order valence-corrected chi connectivity index (χ4v) is 3.34. The van der Waals surface area contributed by atoms with E-state index in [1.54, 1.807) is 6.07 Å². The summed E-state index contributed by atoms with van der Waals surface area (Å²) in [6, 6.07) is 12.2. The highest BCUT2D eigenvalue weighted by atomic mass is 35.5. The SMILES string of the molecule is CC1CCN(c2ccc(NC(=O)/C=C/c3ccc(Cl)c([N+](=O)[O-])c3)cc2)CC1. The first-order valence-corrected chi connectivity index (χ1v) is 9.58. The van der Waals surface area contributed by atoms with Gasteiger partial charge in [0.15, 0.2) is 0 Å². The second-order valence-corrected chi connectivity index (χ2v) is 7.41. The van der Waals surface area contributed by atoms with Crippen LogP contribution in [0.4, 0.5) is 17.1 Å². The number of amides is 1. The number of hydrogen-bond acceptors (Lipinski definition) is 4. The van der Waals surface area contributed by atoms with E-state index >= 15 is 0 Å². The van der Waals surface area contributed by atoms with Crippen molar-refractivity contribution in [3.63, 3.8) is 0 Å². The zero-order valence-electron chi connectivity index (χ0n) is 15.6. The largest absolute Gasteiger partial charge is 0.372 e. The Morgan fingerprint density at radius 1 is 1.21 bits per heavy atom. The smallest absolute Gasteiger partial charge is 0.288 e. The van der Waals surface area contributed by atoms with Crippen molar-refractivity contribution in [1.82, 2.24) is 0 Å². The molecule has 0 bridgehead atoms. The van der Waals surface area contributed by atoms with Crippen molar-refractivity contribution in [2.45, 2.75) is 19.8 Å². The number of carbonyl (C=O) groups is 1. The van der Waals surface area contributed by atoms with Gasteiger partial charge in [0.25, 0.3) is 5.69 Å². The van der Waals surface area contributed by atoms with Crippen LogP contribution in [0.15, 0.2) is 48.5 Å². The number of nitro benzene ring substituents is 1. The summed E-state index contributed by atoms with van der Waals surface area (Å²) in [5.41, 5.74) is 2.20. The molecule has 6 nitrogen and oxygen atoms in total. The number of halogens is 1. The van der Waals surface area contributed by atoms with Gasteiger partial charge in [-0.25, -0.2) is 0 Å². The first kappa shape index (κ1) is 19.9. The number of nitrogens with one attached hydrogen (secondary N) is 1. The molecule has 1 aliphatic rings. The Morgan fingerprint density at radius 3 is 2.54 bits per heavy atom. The predicted octanol–water partition coefficient (Wildman–Crippen LogP) is 5.14. The molecule has 1 amide bonds. The Bertz CT molecular complexity index is 888. The van der Waals surface area contributed by atoms with Crippen LogP contribution in [0.1, 0.15) is 25.3 Å². The molecule has 1 N–H and O–H groups in total. The molecule has 1 aliphatic heterocycles. The summed E-state index contributed by atoms with van der Waals surface area (Å²) in [6.45, 7) is 4.40. The lowest BCUT2D eigenvalue weighted by atomic mass is 9.99. The van der Waals surface area contributed by atoms with Gasteiger partial charge in [0.05, 0.1) is 4.92 Å². The zero-order chi connectivity index (χ0) is 20.1. The summed E-state index contributed by atoms with van der Waals surface area (Å²) in [5.74, 6) is 0.473. The molecular formula is C21H22ClN3O3. The third-order valence-corrected chi connectivity index (χ3v) is 5.20. The van der Waals surface area contributed by atoms with E-state index in [0.29, 0.717) is 11.3 Å². The van der Waals surface area contributed by atoms with Crippen LogP contribution in [0.3, 0.4) is 0 Å². The molecule has 2 aromatic carbocycles. The van der Waals surface area contributed by atoms with Crippen molar-refractivity contribution in [3.05, 3.63) is 69.2 Å². The molecule has 28 heavy (non-hydrogen) atoms. The first-order valence-electron chi connectivity index (χ1n) is 9.20. The van der Waals surface area contributed by atoms with Gasteiger partial charge in [-0.1, -0.05) is 24.6 Å². The van der Waals surface area contributed by atoms with Gasteiger partial charge in [-0.2, -0.15) is 0 Å². The van der Waals surface area contributed by atoms with Crippen molar-refractivity contribution < 1.29 is 9.72 Å². The van der Waals surface area contributed by atoms with Crippen LogP contribution in [0, 0.1) is 16.0 Å². The van der Waals surface area contributed by atoms with Gasteiger partial charge in [-0.15, -0.1) is 0 Å². The van der Waals surface area contributed by atoms with Gasteiger partial charge >= 0.3 is 0 Å². The maximum atomic E-state index is 12.1. The average Bonchev–Trinajstić information content (AvgIpc) is 2.68. The molecule has 0 spiro atoms. The van der Waals surface area contributed by atoms with E-state index in [1.807, 2.05) is 24.3 Å². The monoisotopic (exact) mass is 399 g/mol. The molecule has 3 rings (SSSR count). The predicted molar refractivity (Wildman–Crippen MR) is 113 cm³/mol. The van der Waals surface area contributed by atoms with Crippen LogP contribution in [0.25, 0.3) is 6.08 Å². The fraction of sp³-hybridized carbons (Fsp3) is 0.286. The number of piperidine rings is 1. The Hall–Kier alpha value is -2.86. The van der Waals surface area contributed by atoms with Gasteiger partial charge in [0, 0.05) is 36.6 Å². The molecule has 0 atom stereocenters. The van der Waals surface area contributed by atoms with Crippen molar-refractivity contribution >= 4 is 40.6 Å². The molecular weight excluding hydrogens is 378 g/mol. The third kappa shape index (κ3) is 5.10. The van der Waals surface area contributed by atoms with E-state index in [-0.39, 0.29) is 16.6 Å². The highest BCUT2D eigenvalue weighted by molar-refractivity contribution is 6.32. The van der Waals surface area contributed by atoms with Gasteiger partial charge in [0.1, 0.15) is 5.02 Å². The van der Waals surface area contributed by atoms with Crippen LogP contribution >= 0.6 is 11.6 Å². The lowest BCUT2D eigenvalue weighted by Crippen LogP contribution is -2.32. The van der Waals surface area contributed by atoms with Gasteiger partial charge in [0.2, 0.25) is 5.91 Å². The second-order valence-electron chi connectivity index (χ2n) is 7.01. The summed E-state index contributed by atoms with van der Waals surface area (Å²) in [6.07, 6.45) is 5.26. The van der Waals surface area contributed by atoms with Crippen molar-refractivity contribution in [2.75, 3.05) is 23.3 Å². The van der Waals surface area contributed by atoms with Crippen LogP contribution in [0.5, 0.6) is 0 Å². The maximum Gasteiger partial charge on any atom is 0.288 e. The van der Waals surface area contributed by atoms with Crippen LogP contribution in [-0.4, -0.2) is 23.9 Å². The van der Waals surface area contributed by atoms with Crippen LogP contribution in [0.2, 0.25) is 5.02 Å². The van der Waals surface area contributed by atoms with Gasteiger partial charge in [-0.05, 0) is 60.7 Å². The number of hydrogen-bond donors (Lipinski definition) is 1. The molecule has 146 valence electrons. The number of benzene rings is 2. The zero-order valence-corrected chi connectivity index (χ0v) is 16.4. The minimum atomic E-state index is -0.551. The molecule has 1 heterocycles. The van der Waals surface area contributed by atoms with Crippen molar-refractivity contribution in [1.29, 1.82) is 0 Å². The Labute approximate surface area is 169 Å². The molecule has 0 aliphatic carbocycles. The van der Waals surface area contributed by atoms with Crippen molar-refractivity contribution in [3.8, 4) is 0 Å². The van der Waals surface area contributed by atoms with Crippen LogP contribution < -0.4 is 10.2 Å². The molecule has 2 aromatic rings. The van der Waals surface area contributed by atoms with E-state index in [1.165, 1.54) is 37.1 Å². The third-order valence-electron chi connectivity index (χ3n) is 4.88. The van der Waals surface area contributed by atoms with Gasteiger partial charge < -0.3 is 10.2 Å². The molecule has 0 unspecified atom stereocenters. The lowest BCUT2D eigenvalue weighted by Gasteiger charge is -2.32. The van der Waals surface area contributed by atoms with E-state index in [2.05, 4.69) is 17.1 Å². The van der Waals surface area contributed by atoms with Crippen LogP contribution in [-0.2, 0) is 4.79 Å². The molecule has 7 heteroatoms. The molecule has 1 fully saturated rings. The minimum Gasteiger partial charge on any atom is -0.372 e. The van der Waals surface area contributed by atoms with Gasteiger partial charge in [-0.3, -0.25) is 14.9 Å². The summed E-state index contributed by atoms with van der Waals surface area (Å²) in [7, 11) is 0. The summed E-state index contributed by atoms with van der Waals surface area (Å²) < 4.78 is 0.